The maximum absolute atomic E-state index is 12.5. The fourth-order valence-electron chi connectivity index (χ4n) is 2.74. The van der Waals surface area contributed by atoms with Crippen molar-refractivity contribution in [1.29, 1.82) is 0 Å². The van der Waals surface area contributed by atoms with Crippen LogP contribution in [0, 0.1) is 11.8 Å². The fourth-order valence-corrected chi connectivity index (χ4v) is 2.74. The number of hydrogen-bond donors (Lipinski definition) is 1. The van der Waals surface area contributed by atoms with Crippen molar-refractivity contribution in [2.75, 3.05) is 0 Å². The van der Waals surface area contributed by atoms with Crippen LogP contribution < -0.4 is 5.32 Å². The zero-order valence-electron chi connectivity index (χ0n) is 12.9. The molecule has 3 nitrogen and oxygen atoms in total. The van der Waals surface area contributed by atoms with Gasteiger partial charge in [0.2, 0.25) is 5.91 Å². The molecule has 1 rings (SSSR count). The maximum Gasteiger partial charge on any atom is 0.241 e. The lowest BCUT2D eigenvalue weighted by atomic mass is 9.97. The van der Waals surface area contributed by atoms with E-state index in [0.29, 0.717) is 23.8 Å². The van der Waals surface area contributed by atoms with E-state index in [-0.39, 0.29) is 12.2 Å². The number of nitrogens with zero attached hydrogens (tertiary/aromatic N) is 1. The molecule has 1 aliphatic rings. The largest absolute Gasteiger partial charge is 0.323 e. The molecule has 0 bridgehead atoms. The predicted molar refractivity (Wildman–Crippen MR) is 76.2 cm³/mol. The highest BCUT2D eigenvalue weighted by atomic mass is 16.2. The van der Waals surface area contributed by atoms with Gasteiger partial charge in [-0.3, -0.25) is 10.1 Å². The van der Waals surface area contributed by atoms with Crippen LogP contribution in [0.15, 0.2) is 0 Å². The van der Waals surface area contributed by atoms with E-state index in [9.17, 15) is 4.79 Å². The Hall–Kier alpha value is -0.570. The van der Waals surface area contributed by atoms with Crippen LogP contribution in [0.3, 0.4) is 0 Å². The lowest BCUT2D eigenvalue weighted by Crippen LogP contribution is -2.46. The Morgan fingerprint density at radius 3 is 2.28 bits per heavy atom. The smallest absolute Gasteiger partial charge is 0.241 e. The van der Waals surface area contributed by atoms with E-state index in [1.807, 2.05) is 0 Å². The van der Waals surface area contributed by atoms with Gasteiger partial charge in [0.05, 0.1) is 12.2 Å². The second-order valence-electron chi connectivity index (χ2n) is 6.14. The SMILES string of the molecule is CCC1NC(CC(C)C)N(C(C)C(C)CC)C1=O. The lowest BCUT2D eigenvalue weighted by molar-refractivity contribution is -0.133. The highest BCUT2D eigenvalue weighted by molar-refractivity contribution is 5.84. The van der Waals surface area contributed by atoms with Crippen LogP contribution in [-0.2, 0) is 4.79 Å². The Morgan fingerprint density at radius 2 is 1.83 bits per heavy atom. The first kappa shape index (κ1) is 15.5. The molecule has 106 valence electrons. The van der Waals surface area contributed by atoms with Gasteiger partial charge >= 0.3 is 0 Å². The molecule has 1 fully saturated rings. The van der Waals surface area contributed by atoms with Gasteiger partial charge in [-0.1, -0.05) is 41.0 Å². The third-order valence-corrected chi connectivity index (χ3v) is 4.29. The monoisotopic (exact) mass is 254 g/mol. The average Bonchev–Trinajstić information content (AvgIpc) is 2.62. The summed E-state index contributed by atoms with van der Waals surface area (Å²) in [4.78, 5) is 14.6. The molecule has 1 N–H and O–H groups in total. The first-order valence-electron chi connectivity index (χ1n) is 7.50. The quantitative estimate of drug-likeness (QED) is 0.790. The fraction of sp³-hybridized carbons (Fsp3) is 0.933. The maximum atomic E-state index is 12.5. The van der Waals surface area contributed by atoms with Crippen molar-refractivity contribution in [3.05, 3.63) is 0 Å². The summed E-state index contributed by atoms with van der Waals surface area (Å²) >= 11 is 0. The van der Waals surface area contributed by atoms with Gasteiger partial charge in [0.1, 0.15) is 0 Å². The van der Waals surface area contributed by atoms with Crippen LogP contribution in [0.5, 0.6) is 0 Å². The van der Waals surface area contributed by atoms with Crippen molar-refractivity contribution in [2.45, 2.75) is 79.1 Å². The molecule has 1 aliphatic heterocycles. The Labute approximate surface area is 112 Å². The van der Waals surface area contributed by atoms with Gasteiger partial charge in [-0.25, -0.2) is 0 Å². The molecule has 0 spiro atoms. The summed E-state index contributed by atoms with van der Waals surface area (Å²) in [6.07, 6.45) is 3.28. The number of rotatable bonds is 6. The molecule has 4 atom stereocenters. The van der Waals surface area contributed by atoms with Crippen molar-refractivity contribution in [1.82, 2.24) is 10.2 Å². The first-order chi connectivity index (χ1) is 8.42. The van der Waals surface area contributed by atoms with Gasteiger partial charge in [0.25, 0.3) is 0 Å². The van der Waals surface area contributed by atoms with Crippen LogP contribution in [-0.4, -0.2) is 29.1 Å². The van der Waals surface area contributed by atoms with Gasteiger partial charge in [0, 0.05) is 6.04 Å². The predicted octanol–water partition coefficient (Wildman–Crippen LogP) is 3.00. The minimum Gasteiger partial charge on any atom is -0.323 e. The minimum absolute atomic E-state index is 0.0280. The Balaban J connectivity index is 2.84. The molecule has 4 unspecified atom stereocenters. The molecule has 0 aromatic heterocycles. The first-order valence-corrected chi connectivity index (χ1v) is 7.50. The van der Waals surface area contributed by atoms with Gasteiger partial charge in [0.15, 0.2) is 0 Å². The van der Waals surface area contributed by atoms with Crippen LogP contribution >= 0.6 is 0 Å². The molecular formula is C15H30N2O. The number of amides is 1. The second-order valence-corrected chi connectivity index (χ2v) is 6.14. The number of carbonyl (C=O) groups excluding carboxylic acids is 1. The molecule has 1 saturated heterocycles. The molecule has 18 heavy (non-hydrogen) atoms. The summed E-state index contributed by atoms with van der Waals surface area (Å²) in [7, 11) is 0. The van der Waals surface area contributed by atoms with Crippen LogP contribution in [0.25, 0.3) is 0 Å². The molecule has 0 aromatic carbocycles. The summed E-state index contributed by atoms with van der Waals surface area (Å²) in [5, 5.41) is 3.51. The summed E-state index contributed by atoms with van der Waals surface area (Å²) in [5.74, 6) is 1.47. The van der Waals surface area contributed by atoms with E-state index in [0.717, 1.165) is 19.3 Å². The highest BCUT2D eigenvalue weighted by Crippen LogP contribution is 2.25. The lowest BCUT2D eigenvalue weighted by Gasteiger charge is -2.34. The molecule has 0 saturated carbocycles. The van der Waals surface area contributed by atoms with Gasteiger partial charge in [-0.05, 0) is 31.6 Å². The zero-order valence-corrected chi connectivity index (χ0v) is 12.9. The Morgan fingerprint density at radius 1 is 1.22 bits per heavy atom. The van der Waals surface area contributed by atoms with Gasteiger partial charge < -0.3 is 4.90 Å². The van der Waals surface area contributed by atoms with Crippen LogP contribution in [0.2, 0.25) is 0 Å². The van der Waals surface area contributed by atoms with Crippen molar-refractivity contribution >= 4 is 5.91 Å². The van der Waals surface area contributed by atoms with Gasteiger partial charge in [-0.2, -0.15) is 0 Å². The van der Waals surface area contributed by atoms with E-state index in [4.69, 9.17) is 0 Å². The third kappa shape index (κ3) is 3.25. The Kier molecular flexibility index (Phi) is 5.64. The number of hydrogen-bond acceptors (Lipinski definition) is 2. The van der Waals surface area contributed by atoms with E-state index in [2.05, 4.69) is 51.8 Å². The zero-order chi connectivity index (χ0) is 13.9. The second kappa shape index (κ2) is 6.55. The number of carbonyl (C=O) groups is 1. The Bertz CT molecular complexity index is 278. The highest BCUT2D eigenvalue weighted by Gasteiger charge is 2.41. The van der Waals surface area contributed by atoms with Crippen molar-refractivity contribution in [3.8, 4) is 0 Å². The third-order valence-electron chi connectivity index (χ3n) is 4.29. The summed E-state index contributed by atoms with van der Waals surface area (Å²) in [6.45, 7) is 13.2. The standard InChI is InChI=1S/C15H30N2O/c1-7-11(5)12(6)17-14(9-10(3)4)16-13(8-2)15(17)18/h10-14,16H,7-9H2,1-6H3. The number of nitrogens with one attached hydrogen (secondary N) is 1. The molecular weight excluding hydrogens is 224 g/mol. The van der Waals surface area contributed by atoms with E-state index in [1.54, 1.807) is 0 Å². The summed E-state index contributed by atoms with van der Waals surface area (Å²) in [6, 6.07) is 0.357. The van der Waals surface area contributed by atoms with Crippen molar-refractivity contribution in [2.24, 2.45) is 11.8 Å². The minimum atomic E-state index is 0.0280. The molecule has 0 radical (unpaired) electrons. The van der Waals surface area contributed by atoms with E-state index in [1.165, 1.54) is 0 Å². The molecule has 1 amide bonds. The topological polar surface area (TPSA) is 32.3 Å². The van der Waals surface area contributed by atoms with Gasteiger partial charge in [-0.15, -0.1) is 0 Å². The molecule has 0 aliphatic carbocycles. The van der Waals surface area contributed by atoms with Crippen LogP contribution in [0.1, 0.15) is 60.8 Å². The molecule has 1 heterocycles. The average molecular weight is 254 g/mol. The van der Waals surface area contributed by atoms with Crippen molar-refractivity contribution in [3.63, 3.8) is 0 Å². The molecule has 0 aromatic rings. The van der Waals surface area contributed by atoms with Crippen molar-refractivity contribution < 1.29 is 4.79 Å². The van der Waals surface area contributed by atoms with E-state index >= 15 is 0 Å². The summed E-state index contributed by atoms with van der Waals surface area (Å²) < 4.78 is 0. The summed E-state index contributed by atoms with van der Waals surface area (Å²) in [5.41, 5.74) is 0. The van der Waals surface area contributed by atoms with E-state index < -0.39 is 0 Å². The van der Waals surface area contributed by atoms with Crippen LogP contribution in [0.4, 0.5) is 0 Å². The normalized spacial score (nSPS) is 27.9. The molecule has 3 heteroatoms.